The molecule has 0 N–H and O–H groups in total. The van der Waals surface area contributed by atoms with Crippen molar-refractivity contribution in [1.29, 1.82) is 0 Å². The van der Waals surface area contributed by atoms with Crippen molar-refractivity contribution < 1.29 is 0 Å². The minimum Gasteiger partial charge on any atom is -0.310 e. The zero-order valence-corrected chi connectivity index (χ0v) is 28.3. The second kappa shape index (κ2) is 10.7. The molecule has 0 unspecified atom stereocenters. The summed E-state index contributed by atoms with van der Waals surface area (Å²) >= 11 is 1.88. The molecule has 0 bridgehead atoms. The highest BCUT2D eigenvalue weighted by Gasteiger charge is 2.35. The summed E-state index contributed by atoms with van der Waals surface area (Å²) in [5.41, 5.74) is 11.3. The van der Waals surface area contributed by atoms with Crippen LogP contribution in [0.5, 0.6) is 0 Å². The number of hydrogen-bond acceptors (Lipinski definition) is 2. The molecule has 1 aliphatic carbocycles. The number of thiophene rings is 1. The Kier molecular flexibility index (Phi) is 6.16. The summed E-state index contributed by atoms with van der Waals surface area (Å²) in [6.45, 7) is 4.72. The van der Waals surface area contributed by atoms with Crippen molar-refractivity contribution in [2.75, 3.05) is 4.90 Å². The van der Waals surface area contributed by atoms with Crippen LogP contribution in [0.15, 0.2) is 164 Å². The largest absolute Gasteiger partial charge is 0.310 e. The molecular formula is C47H33NS. The molecule has 1 aromatic heterocycles. The predicted molar refractivity (Wildman–Crippen MR) is 212 cm³/mol. The number of rotatable bonds is 4. The molecular weight excluding hydrogens is 611 g/mol. The van der Waals surface area contributed by atoms with Gasteiger partial charge < -0.3 is 4.90 Å². The zero-order valence-electron chi connectivity index (χ0n) is 27.4. The number of anilines is 3. The van der Waals surface area contributed by atoms with Gasteiger partial charge in [0.1, 0.15) is 0 Å². The molecule has 0 fully saturated rings. The minimum atomic E-state index is -0.0834. The molecule has 8 aromatic carbocycles. The lowest BCUT2D eigenvalue weighted by molar-refractivity contribution is 0.660. The quantitative estimate of drug-likeness (QED) is 0.173. The molecule has 1 aliphatic rings. The molecule has 2 heteroatoms. The van der Waals surface area contributed by atoms with E-state index in [4.69, 9.17) is 0 Å². The highest BCUT2D eigenvalue weighted by atomic mass is 32.1. The van der Waals surface area contributed by atoms with Gasteiger partial charge in [-0.15, -0.1) is 11.3 Å². The van der Waals surface area contributed by atoms with Crippen LogP contribution >= 0.6 is 11.3 Å². The summed E-state index contributed by atoms with van der Waals surface area (Å²) in [6.07, 6.45) is 0. The van der Waals surface area contributed by atoms with Gasteiger partial charge in [0.2, 0.25) is 0 Å². The fourth-order valence-electron chi connectivity index (χ4n) is 8.11. The van der Waals surface area contributed by atoms with E-state index in [0.29, 0.717) is 0 Å². The van der Waals surface area contributed by atoms with E-state index in [1.807, 2.05) is 11.3 Å². The maximum atomic E-state index is 2.43. The van der Waals surface area contributed by atoms with Crippen LogP contribution in [0.4, 0.5) is 17.1 Å². The van der Waals surface area contributed by atoms with Crippen LogP contribution in [0.25, 0.3) is 64.0 Å². The monoisotopic (exact) mass is 643 g/mol. The molecule has 9 aromatic rings. The maximum Gasteiger partial charge on any atom is 0.0468 e. The molecule has 0 atom stereocenters. The third-order valence-electron chi connectivity index (χ3n) is 10.6. The SMILES string of the molecule is CC1(C)c2ccccc2-c2ccc(N(c3ccc(-c4ccccc4)cc3)c3ccc4ccc5cc6c(cc5c4c3)sc3ccccc36)cc21. The van der Waals surface area contributed by atoms with E-state index in [2.05, 4.69) is 183 Å². The van der Waals surface area contributed by atoms with Gasteiger partial charge in [-0.25, -0.2) is 0 Å². The summed E-state index contributed by atoms with van der Waals surface area (Å²) in [6, 6.07) is 60.7. The Labute approximate surface area is 290 Å². The van der Waals surface area contributed by atoms with Crippen molar-refractivity contribution in [3.05, 3.63) is 175 Å². The van der Waals surface area contributed by atoms with Crippen LogP contribution < -0.4 is 4.90 Å². The molecule has 232 valence electrons. The lowest BCUT2D eigenvalue weighted by Crippen LogP contribution is -2.16. The number of fused-ring (bicyclic) bond motifs is 9. The third-order valence-corrected chi connectivity index (χ3v) is 11.8. The van der Waals surface area contributed by atoms with Gasteiger partial charge in [-0.05, 0) is 110 Å². The van der Waals surface area contributed by atoms with Crippen LogP contribution in [-0.4, -0.2) is 0 Å². The predicted octanol–water partition coefficient (Wildman–Crippen LogP) is 13.8. The van der Waals surface area contributed by atoms with Crippen molar-refractivity contribution in [2.24, 2.45) is 0 Å². The van der Waals surface area contributed by atoms with Gasteiger partial charge in [0, 0.05) is 42.6 Å². The smallest absolute Gasteiger partial charge is 0.0468 e. The van der Waals surface area contributed by atoms with E-state index >= 15 is 0 Å². The Morgan fingerprint density at radius 2 is 1.04 bits per heavy atom. The van der Waals surface area contributed by atoms with E-state index in [0.717, 1.165) is 11.4 Å². The Bertz CT molecular complexity index is 2730. The standard InChI is InChI=1S/C47H33NS/c1-47(2)43-14-8-6-12-37(43)38-25-24-36(28-44(38)47)48(34-21-18-31(19-22-34)30-10-4-3-5-11-30)35-23-20-32-16-17-33-26-42-39-13-7-9-15-45(39)49-46(42)29-41(33)40(32)27-35/h3-29H,1-2H3. The third kappa shape index (κ3) is 4.38. The van der Waals surface area contributed by atoms with E-state index in [1.165, 1.54) is 80.8 Å². The molecule has 0 amide bonds. The maximum absolute atomic E-state index is 2.43. The Morgan fingerprint density at radius 1 is 0.408 bits per heavy atom. The fraction of sp³-hybridized carbons (Fsp3) is 0.0638. The summed E-state index contributed by atoms with van der Waals surface area (Å²) in [4.78, 5) is 2.43. The molecule has 10 rings (SSSR count). The molecule has 0 saturated carbocycles. The van der Waals surface area contributed by atoms with Crippen LogP contribution in [-0.2, 0) is 5.41 Å². The van der Waals surface area contributed by atoms with Gasteiger partial charge in [-0.3, -0.25) is 0 Å². The molecule has 1 nitrogen and oxygen atoms in total. The van der Waals surface area contributed by atoms with Gasteiger partial charge in [0.15, 0.2) is 0 Å². The summed E-state index contributed by atoms with van der Waals surface area (Å²) in [5.74, 6) is 0. The first-order chi connectivity index (χ1) is 24.0. The van der Waals surface area contributed by atoms with Crippen molar-refractivity contribution in [3.63, 3.8) is 0 Å². The molecule has 49 heavy (non-hydrogen) atoms. The van der Waals surface area contributed by atoms with Gasteiger partial charge in [-0.2, -0.15) is 0 Å². The fourth-order valence-corrected chi connectivity index (χ4v) is 9.24. The van der Waals surface area contributed by atoms with Crippen LogP contribution in [0, 0.1) is 0 Å². The van der Waals surface area contributed by atoms with E-state index in [1.54, 1.807) is 0 Å². The van der Waals surface area contributed by atoms with Gasteiger partial charge in [-0.1, -0.05) is 123 Å². The Morgan fingerprint density at radius 3 is 1.92 bits per heavy atom. The normalized spacial score (nSPS) is 13.3. The van der Waals surface area contributed by atoms with E-state index in [-0.39, 0.29) is 5.41 Å². The average Bonchev–Trinajstić information content (AvgIpc) is 3.62. The highest BCUT2D eigenvalue weighted by molar-refractivity contribution is 7.25. The Hall–Kier alpha value is -5.70. The molecule has 0 saturated heterocycles. The molecule has 0 aliphatic heterocycles. The van der Waals surface area contributed by atoms with E-state index < -0.39 is 0 Å². The first-order valence-corrected chi connectivity index (χ1v) is 17.8. The number of benzene rings is 8. The van der Waals surface area contributed by atoms with Gasteiger partial charge in [0.05, 0.1) is 0 Å². The zero-order chi connectivity index (χ0) is 32.7. The highest BCUT2D eigenvalue weighted by Crippen LogP contribution is 2.51. The second-order valence-electron chi connectivity index (χ2n) is 13.8. The summed E-state index contributed by atoms with van der Waals surface area (Å²) in [5, 5.41) is 7.77. The lowest BCUT2D eigenvalue weighted by atomic mass is 9.82. The van der Waals surface area contributed by atoms with Crippen molar-refractivity contribution >= 4 is 70.1 Å². The summed E-state index contributed by atoms with van der Waals surface area (Å²) in [7, 11) is 0. The van der Waals surface area contributed by atoms with Crippen LogP contribution in [0.1, 0.15) is 25.0 Å². The molecule has 0 radical (unpaired) electrons. The molecule has 0 spiro atoms. The van der Waals surface area contributed by atoms with Crippen LogP contribution in [0.3, 0.4) is 0 Å². The van der Waals surface area contributed by atoms with Crippen molar-refractivity contribution in [3.8, 4) is 22.3 Å². The van der Waals surface area contributed by atoms with Gasteiger partial charge in [0.25, 0.3) is 0 Å². The number of nitrogens with zero attached hydrogens (tertiary/aromatic N) is 1. The Balaban J connectivity index is 1.18. The minimum absolute atomic E-state index is 0.0834. The first-order valence-electron chi connectivity index (χ1n) is 17.0. The van der Waals surface area contributed by atoms with E-state index in [9.17, 15) is 0 Å². The topological polar surface area (TPSA) is 3.24 Å². The second-order valence-corrected chi connectivity index (χ2v) is 14.9. The summed E-state index contributed by atoms with van der Waals surface area (Å²) < 4.78 is 2.67. The number of hydrogen-bond donors (Lipinski definition) is 0. The lowest BCUT2D eigenvalue weighted by Gasteiger charge is -2.28. The van der Waals surface area contributed by atoms with Crippen molar-refractivity contribution in [2.45, 2.75) is 19.3 Å². The average molecular weight is 644 g/mol. The van der Waals surface area contributed by atoms with Crippen molar-refractivity contribution in [1.82, 2.24) is 0 Å². The molecule has 1 heterocycles. The van der Waals surface area contributed by atoms with Crippen LogP contribution in [0.2, 0.25) is 0 Å². The first kappa shape index (κ1) is 28.3. The van der Waals surface area contributed by atoms with Gasteiger partial charge >= 0.3 is 0 Å².